The number of hydrazone groups is 1. The molecule has 3 rings (SSSR count). The summed E-state index contributed by atoms with van der Waals surface area (Å²) in [5, 5.41) is 3.87. The van der Waals surface area contributed by atoms with Crippen molar-refractivity contribution in [3.05, 3.63) is 95.6 Å². The van der Waals surface area contributed by atoms with Crippen LogP contribution in [0.5, 0.6) is 5.75 Å². The van der Waals surface area contributed by atoms with Gasteiger partial charge in [-0.2, -0.15) is 5.10 Å². The molecule has 134 valence electrons. The Balaban J connectivity index is 1.58. The first kappa shape index (κ1) is 17.9. The van der Waals surface area contributed by atoms with Gasteiger partial charge in [0.15, 0.2) is 0 Å². The third-order valence-corrected chi connectivity index (χ3v) is 3.51. The molecule has 0 atom stereocenters. The number of ether oxygens (including phenoxy) is 1. The number of rotatable bonds is 5. The number of carbonyl (C=O) groups is 2. The minimum Gasteiger partial charge on any atom is -0.423 e. The maximum absolute atomic E-state index is 13.6. The van der Waals surface area contributed by atoms with Crippen molar-refractivity contribution in [3.8, 4) is 5.75 Å². The summed E-state index contributed by atoms with van der Waals surface area (Å²) in [6.45, 7) is 0. The Morgan fingerprint density at radius 3 is 2.41 bits per heavy atom. The van der Waals surface area contributed by atoms with Gasteiger partial charge in [-0.15, -0.1) is 0 Å². The highest BCUT2D eigenvalue weighted by Gasteiger charge is 2.13. The molecule has 1 N–H and O–H groups in total. The molecular weight excluding hydrogens is 349 g/mol. The number of hydrogen-bond donors (Lipinski definition) is 1. The van der Waals surface area contributed by atoms with Crippen LogP contribution in [0.3, 0.4) is 0 Å². The van der Waals surface area contributed by atoms with Crippen LogP contribution in [-0.4, -0.2) is 23.1 Å². The summed E-state index contributed by atoms with van der Waals surface area (Å²) < 4.78 is 18.7. The first-order valence-corrected chi connectivity index (χ1v) is 7.94. The number of nitrogens with zero attached hydrogens (tertiary/aromatic N) is 2. The topological polar surface area (TPSA) is 80.6 Å². The lowest BCUT2D eigenvalue weighted by molar-refractivity contribution is 0.0729. The third kappa shape index (κ3) is 4.82. The number of carbonyl (C=O) groups excluding carboxylic acids is 2. The molecule has 0 aliphatic heterocycles. The summed E-state index contributed by atoms with van der Waals surface area (Å²) in [7, 11) is 0. The first-order chi connectivity index (χ1) is 13.1. The van der Waals surface area contributed by atoms with Gasteiger partial charge < -0.3 is 4.74 Å². The third-order valence-electron chi connectivity index (χ3n) is 3.51. The van der Waals surface area contributed by atoms with Crippen molar-refractivity contribution in [2.24, 2.45) is 5.10 Å². The minimum absolute atomic E-state index is 0.137. The van der Waals surface area contributed by atoms with Gasteiger partial charge in [0.05, 0.1) is 11.8 Å². The van der Waals surface area contributed by atoms with Crippen LogP contribution in [0.1, 0.15) is 26.3 Å². The van der Waals surface area contributed by atoms with Gasteiger partial charge in [-0.05, 0) is 54.1 Å². The lowest BCUT2D eigenvalue weighted by Crippen LogP contribution is -2.17. The second-order valence-corrected chi connectivity index (χ2v) is 5.37. The van der Waals surface area contributed by atoms with Gasteiger partial charge in [0, 0.05) is 18.0 Å². The van der Waals surface area contributed by atoms with Crippen LogP contribution in [0.2, 0.25) is 0 Å². The Bertz CT molecular complexity index is 973. The van der Waals surface area contributed by atoms with E-state index >= 15 is 0 Å². The smallest absolute Gasteiger partial charge is 0.346 e. The van der Waals surface area contributed by atoms with Gasteiger partial charge in [0.25, 0.3) is 5.91 Å². The SMILES string of the molecule is O=C(NN=Cc1ccc(OC(=O)c2ccccc2F)cc1)c1ccncc1. The van der Waals surface area contributed by atoms with Crippen LogP contribution < -0.4 is 10.2 Å². The zero-order valence-corrected chi connectivity index (χ0v) is 14.0. The fraction of sp³-hybridized carbons (Fsp3) is 0. The average Bonchev–Trinajstić information content (AvgIpc) is 2.70. The average molecular weight is 363 g/mol. The van der Waals surface area contributed by atoms with Crippen LogP contribution in [0, 0.1) is 5.82 Å². The summed E-state index contributed by atoms with van der Waals surface area (Å²) in [5.74, 6) is -1.51. The van der Waals surface area contributed by atoms with Crippen molar-refractivity contribution < 1.29 is 18.7 Å². The fourth-order valence-electron chi connectivity index (χ4n) is 2.14. The van der Waals surface area contributed by atoms with Crippen LogP contribution in [0.15, 0.2) is 78.2 Å². The van der Waals surface area contributed by atoms with Gasteiger partial charge in [-0.3, -0.25) is 9.78 Å². The Morgan fingerprint density at radius 1 is 1.00 bits per heavy atom. The molecule has 0 spiro atoms. The number of halogens is 1. The zero-order valence-electron chi connectivity index (χ0n) is 14.0. The number of benzene rings is 2. The molecule has 2 aromatic carbocycles. The number of aromatic nitrogens is 1. The van der Waals surface area contributed by atoms with Gasteiger partial charge in [0.2, 0.25) is 0 Å². The number of hydrogen-bond acceptors (Lipinski definition) is 5. The Morgan fingerprint density at radius 2 is 1.70 bits per heavy atom. The van der Waals surface area contributed by atoms with Gasteiger partial charge in [-0.25, -0.2) is 14.6 Å². The zero-order chi connectivity index (χ0) is 19.1. The van der Waals surface area contributed by atoms with E-state index in [2.05, 4.69) is 15.5 Å². The van der Waals surface area contributed by atoms with Crippen LogP contribution in [0.25, 0.3) is 0 Å². The summed E-state index contributed by atoms with van der Waals surface area (Å²) in [4.78, 5) is 27.6. The molecule has 1 aromatic heterocycles. The van der Waals surface area contributed by atoms with E-state index in [0.717, 1.165) is 0 Å². The van der Waals surface area contributed by atoms with Crippen molar-refractivity contribution in [3.63, 3.8) is 0 Å². The van der Waals surface area contributed by atoms with Crippen LogP contribution in [-0.2, 0) is 0 Å². The minimum atomic E-state index is -0.779. The molecular formula is C20H14FN3O3. The lowest BCUT2D eigenvalue weighted by Gasteiger charge is -2.05. The molecule has 0 fully saturated rings. The second kappa shape index (κ2) is 8.48. The maximum atomic E-state index is 13.6. The second-order valence-electron chi connectivity index (χ2n) is 5.37. The van der Waals surface area contributed by atoms with Crippen molar-refractivity contribution in [1.82, 2.24) is 10.4 Å². The van der Waals surface area contributed by atoms with Gasteiger partial charge >= 0.3 is 5.97 Å². The summed E-state index contributed by atoms with van der Waals surface area (Å²) in [6, 6.07) is 15.1. The quantitative estimate of drug-likeness (QED) is 0.327. The highest BCUT2D eigenvalue weighted by atomic mass is 19.1. The Kier molecular flexibility index (Phi) is 5.64. The monoisotopic (exact) mass is 363 g/mol. The van der Waals surface area contributed by atoms with E-state index in [-0.39, 0.29) is 17.2 Å². The van der Waals surface area contributed by atoms with Crippen LogP contribution in [0.4, 0.5) is 4.39 Å². The molecule has 0 radical (unpaired) electrons. The van der Waals surface area contributed by atoms with Crippen LogP contribution >= 0.6 is 0 Å². The molecule has 1 heterocycles. The maximum Gasteiger partial charge on any atom is 0.346 e. The summed E-state index contributed by atoms with van der Waals surface area (Å²) >= 11 is 0. The normalized spacial score (nSPS) is 10.6. The highest BCUT2D eigenvalue weighted by Crippen LogP contribution is 2.15. The van der Waals surface area contributed by atoms with Gasteiger partial charge in [-0.1, -0.05) is 12.1 Å². The fourth-order valence-corrected chi connectivity index (χ4v) is 2.14. The molecule has 0 saturated carbocycles. The predicted octanol–water partition coefficient (Wildman–Crippen LogP) is 3.20. The molecule has 6 nitrogen and oxygen atoms in total. The van der Waals surface area contributed by atoms with E-state index in [0.29, 0.717) is 11.1 Å². The first-order valence-electron chi connectivity index (χ1n) is 7.94. The number of nitrogens with one attached hydrogen (secondary N) is 1. The van der Waals surface area contributed by atoms with Crippen molar-refractivity contribution in [2.75, 3.05) is 0 Å². The largest absolute Gasteiger partial charge is 0.423 e. The predicted molar refractivity (Wildman–Crippen MR) is 97.1 cm³/mol. The number of amides is 1. The van der Waals surface area contributed by atoms with E-state index in [4.69, 9.17) is 4.74 Å². The molecule has 0 unspecified atom stereocenters. The summed E-state index contributed by atoms with van der Waals surface area (Å²) in [6.07, 6.45) is 4.47. The van der Waals surface area contributed by atoms with E-state index in [9.17, 15) is 14.0 Å². The van der Waals surface area contributed by atoms with Crippen molar-refractivity contribution in [1.29, 1.82) is 0 Å². The Hall–Kier alpha value is -3.87. The molecule has 1 amide bonds. The number of esters is 1. The molecule has 3 aromatic rings. The molecule has 0 aliphatic carbocycles. The number of pyridine rings is 1. The lowest BCUT2D eigenvalue weighted by atomic mass is 10.2. The van der Waals surface area contributed by atoms with E-state index in [1.54, 1.807) is 42.5 Å². The molecule has 27 heavy (non-hydrogen) atoms. The highest BCUT2D eigenvalue weighted by molar-refractivity contribution is 5.94. The van der Waals surface area contributed by atoms with E-state index in [1.807, 2.05) is 0 Å². The molecule has 0 bridgehead atoms. The van der Waals surface area contributed by atoms with Crippen molar-refractivity contribution in [2.45, 2.75) is 0 Å². The molecule has 0 aliphatic rings. The summed E-state index contributed by atoms with van der Waals surface area (Å²) in [5.41, 5.74) is 3.38. The molecule has 7 heteroatoms. The standard InChI is InChI=1S/C20H14FN3O3/c21-18-4-2-1-3-17(18)20(26)27-16-7-5-14(6-8-16)13-23-24-19(25)15-9-11-22-12-10-15/h1-13H,(H,24,25). The Labute approximate surface area is 154 Å². The van der Waals surface area contributed by atoms with E-state index in [1.165, 1.54) is 36.8 Å². The van der Waals surface area contributed by atoms with Crippen molar-refractivity contribution >= 4 is 18.1 Å². The van der Waals surface area contributed by atoms with Gasteiger partial charge in [0.1, 0.15) is 11.6 Å². The van der Waals surface area contributed by atoms with E-state index < -0.39 is 11.8 Å². The molecule has 0 saturated heterocycles.